The fourth-order valence-corrected chi connectivity index (χ4v) is 5.36. The Balaban J connectivity index is 1.46. The Labute approximate surface area is 195 Å². The van der Waals surface area contributed by atoms with Crippen LogP contribution in [0.3, 0.4) is 0 Å². The predicted molar refractivity (Wildman–Crippen MR) is 114 cm³/mol. The standard InChI is InChI=1S/C17H15BrClF3N6O3S/c18-11-9(19)3-8-12(23-16(31)24-14(8)30)13(11)32-6-7(29)4-27-1-2-28-10(5-27)25-26-15(28)17(20,21)22/h3,7,29H,1-2,4-6H2,(H2,23,24,30,31). The zero-order valence-corrected chi connectivity index (χ0v) is 19.2. The highest BCUT2D eigenvalue weighted by Gasteiger charge is 2.39. The van der Waals surface area contributed by atoms with Gasteiger partial charge < -0.3 is 19.8 Å². The van der Waals surface area contributed by atoms with E-state index in [9.17, 15) is 28.2 Å². The van der Waals surface area contributed by atoms with E-state index in [1.54, 1.807) is 4.90 Å². The minimum absolute atomic E-state index is 0.0645. The van der Waals surface area contributed by atoms with Gasteiger partial charge in [-0.25, -0.2) is 4.79 Å². The third-order valence-corrected chi connectivity index (χ3v) is 7.69. The summed E-state index contributed by atoms with van der Waals surface area (Å²) < 4.78 is 40.4. The van der Waals surface area contributed by atoms with Crippen LogP contribution >= 0.6 is 39.3 Å². The molecular weight excluding hydrogens is 541 g/mol. The molecule has 9 nitrogen and oxygen atoms in total. The molecule has 2 aromatic heterocycles. The molecule has 3 heterocycles. The number of β-amino-alcohol motifs (C(OH)–C–C–N with tert-alkyl or cyclic N) is 1. The number of hydrogen-bond donors (Lipinski definition) is 3. The Morgan fingerprint density at radius 2 is 2.09 bits per heavy atom. The summed E-state index contributed by atoms with van der Waals surface area (Å²) in [6.45, 7) is 0.684. The van der Waals surface area contributed by atoms with E-state index in [1.807, 2.05) is 0 Å². The molecule has 3 aromatic rings. The van der Waals surface area contributed by atoms with Crippen molar-refractivity contribution in [3.05, 3.63) is 37.7 Å². The fraction of sp³-hybridized carbons (Fsp3) is 0.412. The van der Waals surface area contributed by atoms with Gasteiger partial charge in [0, 0.05) is 30.3 Å². The Morgan fingerprint density at radius 3 is 2.81 bits per heavy atom. The Kier molecular flexibility index (Phi) is 6.42. The largest absolute Gasteiger partial charge is 0.493 e. The van der Waals surface area contributed by atoms with Gasteiger partial charge in [0.1, 0.15) is 5.82 Å². The van der Waals surface area contributed by atoms with Gasteiger partial charge in [-0.3, -0.25) is 4.90 Å². The van der Waals surface area contributed by atoms with Crippen LogP contribution in [0, 0.1) is 0 Å². The number of hydrogen-bond acceptors (Lipinski definition) is 8. The third-order valence-electron chi connectivity index (χ3n) is 4.83. The van der Waals surface area contributed by atoms with Crippen molar-refractivity contribution in [1.82, 2.24) is 29.6 Å². The fourth-order valence-electron chi connectivity index (χ4n) is 3.43. The first-order valence-electron chi connectivity index (χ1n) is 9.18. The Bertz CT molecular complexity index is 1240. The number of rotatable bonds is 5. The van der Waals surface area contributed by atoms with E-state index in [2.05, 4.69) is 36.1 Å². The van der Waals surface area contributed by atoms with Crippen molar-refractivity contribution >= 4 is 50.2 Å². The number of thioether (sulfide) groups is 1. The number of aliphatic hydroxyl groups is 1. The first-order chi connectivity index (χ1) is 15.0. The number of benzene rings is 1. The first-order valence-corrected chi connectivity index (χ1v) is 11.3. The van der Waals surface area contributed by atoms with E-state index in [1.165, 1.54) is 17.8 Å². The molecule has 32 heavy (non-hydrogen) atoms. The minimum atomic E-state index is -4.57. The van der Waals surface area contributed by atoms with Crippen molar-refractivity contribution in [3.63, 3.8) is 0 Å². The molecule has 3 N–H and O–H groups in total. The van der Waals surface area contributed by atoms with Gasteiger partial charge in [0.2, 0.25) is 11.7 Å². The second-order valence-electron chi connectivity index (χ2n) is 7.08. The van der Waals surface area contributed by atoms with Gasteiger partial charge in [-0.1, -0.05) is 11.6 Å². The van der Waals surface area contributed by atoms with Crippen LogP contribution in [0.4, 0.5) is 13.2 Å². The first kappa shape index (κ1) is 23.3. The SMILES string of the molecule is O=c1nc(O)c2cc(Cl)c(Br)c(SCC(O)CN3CCn4c(nnc4C(F)(F)F)C3)c2[nH]1. The topological polar surface area (TPSA) is 120 Å². The van der Waals surface area contributed by atoms with Crippen molar-refractivity contribution < 1.29 is 23.4 Å². The molecule has 1 aromatic carbocycles. The summed E-state index contributed by atoms with van der Waals surface area (Å²) in [5, 5.41) is 27.9. The summed E-state index contributed by atoms with van der Waals surface area (Å²) in [6.07, 6.45) is -5.42. The lowest BCUT2D eigenvalue weighted by molar-refractivity contribution is -0.148. The van der Waals surface area contributed by atoms with Crippen LogP contribution in [0.2, 0.25) is 5.02 Å². The van der Waals surface area contributed by atoms with Crippen molar-refractivity contribution in [3.8, 4) is 5.88 Å². The van der Waals surface area contributed by atoms with Gasteiger partial charge in [-0.2, -0.15) is 18.2 Å². The van der Waals surface area contributed by atoms with Crippen LogP contribution in [0.15, 0.2) is 20.2 Å². The van der Waals surface area contributed by atoms with Gasteiger partial charge in [-0.05, 0) is 22.0 Å². The highest BCUT2D eigenvalue weighted by atomic mass is 79.9. The average Bonchev–Trinajstić information content (AvgIpc) is 3.13. The molecule has 15 heteroatoms. The molecule has 1 aliphatic rings. The van der Waals surface area contributed by atoms with Gasteiger partial charge in [0.15, 0.2) is 0 Å². The smallest absolute Gasteiger partial charge is 0.451 e. The molecule has 1 unspecified atom stereocenters. The number of aliphatic hydroxyl groups excluding tert-OH is 1. The lowest BCUT2D eigenvalue weighted by atomic mass is 10.2. The molecule has 172 valence electrons. The minimum Gasteiger partial charge on any atom is -0.493 e. The van der Waals surface area contributed by atoms with E-state index in [-0.39, 0.29) is 41.6 Å². The zero-order valence-electron chi connectivity index (χ0n) is 16.0. The van der Waals surface area contributed by atoms with Crippen LogP contribution < -0.4 is 5.69 Å². The number of fused-ring (bicyclic) bond motifs is 2. The quantitative estimate of drug-likeness (QED) is 0.411. The van der Waals surface area contributed by atoms with Crippen molar-refractivity contribution in [2.45, 2.75) is 30.3 Å². The molecule has 0 radical (unpaired) electrons. The number of nitrogens with one attached hydrogen (secondary N) is 1. The maximum Gasteiger partial charge on any atom is 0.451 e. The summed E-state index contributed by atoms with van der Waals surface area (Å²) >= 11 is 10.8. The molecule has 0 aliphatic carbocycles. The average molecular weight is 556 g/mol. The third kappa shape index (κ3) is 4.59. The maximum absolute atomic E-state index is 13.0. The van der Waals surface area contributed by atoms with Gasteiger partial charge >= 0.3 is 11.9 Å². The van der Waals surface area contributed by atoms with Gasteiger partial charge in [-0.15, -0.1) is 22.0 Å². The molecular formula is C17H15BrClF3N6O3S. The molecule has 1 atom stereocenters. The number of aromatic amines is 1. The monoisotopic (exact) mass is 554 g/mol. The molecule has 0 saturated heterocycles. The van der Waals surface area contributed by atoms with Crippen LogP contribution in [0.5, 0.6) is 5.88 Å². The Morgan fingerprint density at radius 1 is 1.34 bits per heavy atom. The number of alkyl halides is 3. The highest BCUT2D eigenvalue weighted by molar-refractivity contribution is 9.10. The summed E-state index contributed by atoms with van der Waals surface area (Å²) in [5.41, 5.74) is -0.413. The number of aromatic hydroxyl groups is 1. The van der Waals surface area contributed by atoms with Crippen molar-refractivity contribution in [2.24, 2.45) is 0 Å². The summed E-state index contributed by atoms with van der Waals surface area (Å²) in [4.78, 5) is 20.0. The number of nitrogens with zero attached hydrogens (tertiary/aromatic N) is 5. The highest BCUT2D eigenvalue weighted by Crippen LogP contribution is 2.40. The summed E-state index contributed by atoms with van der Waals surface area (Å²) in [7, 11) is 0. The lowest BCUT2D eigenvalue weighted by Crippen LogP contribution is -2.40. The lowest BCUT2D eigenvalue weighted by Gasteiger charge is -2.29. The second kappa shape index (κ2) is 8.82. The number of aromatic nitrogens is 5. The molecule has 0 saturated carbocycles. The molecule has 1 aliphatic heterocycles. The zero-order chi connectivity index (χ0) is 23.2. The molecule has 0 bridgehead atoms. The normalized spacial score (nSPS) is 15.8. The molecule has 0 spiro atoms. The van der Waals surface area contributed by atoms with Crippen LogP contribution in [-0.2, 0) is 19.3 Å². The van der Waals surface area contributed by atoms with Gasteiger partial charge in [0.05, 0.1) is 33.0 Å². The van der Waals surface area contributed by atoms with Crippen LogP contribution in [0.1, 0.15) is 11.6 Å². The van der Waals surface area contributed by atoms with E-state index < -0.39 is 29.7 Å². The van der Waals surface area contributed by atoms with Crippen LogP contribution in [0.25, 0.3) is 10.9 Å². The van der Waals surface area contributed by atoms with Crippen molar-refractivity contribution in [1.29, 1.82) is 0 Å². The van der Waals surface area contributed by atoms with Crippen molar-refractivity contribution in [2.75, 3.05) is 18.8 Å². The van der Waals surface area contributed by atoms with Crippen LogP contribution in [-0.4, -0.2) is 64.8 Å². The summed E-state index contributed by atoms with van der Waals surface area (Å²) in [6, 6.07) is 1.46. The summed E-state index contributed by atoms with van der Waals surface area (Å²) in [5.74, 6) is -1.10. The van der Waals surface area contributed by atoms with E-state index in [4.69, 9.17) is 11.6 Å². The molecule has 0 fully saturated rings. The van der Waals surface area contributed by atoms with E-state index in [0.717, 1.165) is 4.57 Å². The predicted octanol–water partition coefficient (Wildman–Crippen LogP) is 2.62. The number of halogens is 5. The second-order valence-corrected chi connectivity index (χ2v) is 9.31. The molecule has 4 rings (SSSR count). The number of H-pyrrole nitrogens is 1. The van der Waals surface area contributed by atoms with E-state index in [0.29, 0.717) is 21.4 Å². The van der Waals surface area contributed by atoms with Gasteiger partial charge in [0.25, 0.3) is 0 Å². The maximum atomic E-state index is 13.0. The Hall–Kier alpha value is -1.87. The van der Waals surface area contributed by atoms with E-state index >= 15 is 0 Å². The molecule has 0 amide bonds.